The molecule has 0 bridgehead atoms. The zero-order chi connectivity index (χ0) is 19.0. The first kappa shape index (κ1) is 19.4. The molecule has 26 heavy (non-hydrogen) atoms. The van der Waals surface area contributed by atoms with E-state index in [-0.39, 0.29) is 18.8 Å². The molecule has 0 unspecified atom stereocenters. The lowest BCUT2D eigenvalue weighted by Gasteiger charge is -2.14. The Balaban J connectivity index is 1.77. The number of para-hydroxylation sites is 1. The van der Waals surface area contributed by atoms with E-state index in [0.29, 0.717) is 12.4 Å². The summed E-state index contributed by atoms with van der Waals surface area (Å²) in [6.45, 7) is 2.75. The van der Waals surface area contributed by atoms with Crippen LogP contribution < -0.4 is 20.1 Å². The van der Waals surface area contributed by atoms with Crippen molar-refractivity contribution in [3.05, 3.63) is 54.1 Å². The van der Waals surface area contributed by atoms with Gasteiger partial charge in [0.1, 0.15) is 18.1 Å². The lowest BCUT2D eigenvalue weighted by atomic mass is 10.1. The van der Waals surface area contributed by atoms with Gasteiger partial charge in [0.15, 0.2) is 0 Å². The number of hydrogen-bond donors (Lipinski definition) is 2. The summed E-state index contributed by atoms with van der Waals surface area (Å²) in [5, 5.41) is 4.64. The summed E-state index contributed by atoms with van der Waals surface area (Å²) in [7, 11) is 0. The highest BCUT2D eigenvalue weighted by molar-refractivity contribution is 5.90. The van der Waals surface area contributed by atoms with Crippen LogP contribution >= 0.6 is 0 Å². The highest BCUT2D eigenvalue weighted by atomic mass is 19.4. The monoisotopic (exact) mass is 368 g/mol. The molecule has 140 valence electrons. The number of alkyl halides is 3. The van der Waals surface area contributed by atoms with Crippen molar-refractivity contribution in [3.8, 4) is 11.5 Å². The number of nitrogens with one attached hydrogen (secondary N) is 2. The minimum absolute atomic E-state index is 0.132. The van der Waals surface area contributed by atoms with E-state index in [9.17, 15) is 18.0 Å². The van der Waals surface area contributed by atoms with Crippen LogP contribution in [0.25, 0.3) is 0 Å². The van der Waals surface area contributed by atoms with Gasteiger partial charge in [-0.05, 0) is 43.3 Å². The quantitative estimate of drug-likeness (QED) is 0.716. The fourth-order valence-electron chi connectivity index (χ4n) is 2.14. The molecule has 0 aliphatic carbocycles. The Labute approximate surface area is 149 Å². The summed E-state index contributed by atoms with van der Waals surface area (Å²) >= 11 is 0. The molecule has 2 amide bonds. The molecular formula is C18H19F3N2O3. The summed E-state index contributed by atoms with van der Waals surface area (Å²) in [5.41, 5.74) is -1.20. The fourth-order valence-corrected chi connectivity index (χ4v) is 2.14. The predicted octanol–water partition coefficient (Wildman–Crippen LogP) is 4.30. The van der Waals surface area contributed by atoms with Gasteiger partial charge in [0, 0.05) is 0 Å². The molecule has 8 heteroatoms. The lowest BCUT2D eigenvalue weighted by molar-refractivity contribution is -0.136. The average molecular weight is 368 g/mol. The van der Waals surface area contributed by atoms with Crippen molar-refractivity contribution in [1.82, 2.24) is 5.32 Å². The zero-order valence-corrected chi connectivity index (χ0v) is 14.1. The van der Waals surface area contributed by atoms with Crippen LogP contribution in [0.2, 0.25) is 0 Å². The van der Waals surface area contributed by atoms with Crippen LogP contribution in [-0.4, -0.2) is 25.8 Å². The maximum Gasteiger partial charge on any atom is 0.418 e. The molecule has 0 aliphatic rings. The van der Waals surface area contributed by atoms with E-state index in [1.165, 1.54) is 18.2 Å². The maximum absolute atomic E-state index is 12.9. The molecule has 0 spiro atoms. The van der Waals surface area contributed by atoms with Crippen molar-refractivity contribution in [2.75, 3.05) is 25.1 Å². The second-order valence-electron chi connectivity index (χ2n) is 5.18. The summed E-state index contributed by atoms with van der Waals surface area (Å²) in [5.74, 6) is 1.32. The number of amides is 2. The number of halogens is 3. The number of rotatable bonds is 7. The van der Waals surface area contributed by atoms with E-state index in [2.05, 4.69) is 10.6 Å². The number of anilines is 1. The number of hydrogen-bond acceptors (Lipinski definition) is 3. The first-order valence-corrected chi connectivity index (χ1v) is 7.97. The first-order valence-electron chi connectivity index (χ1n) is 7.97. The molecule has 0 heterocycles. The normalized spacial score (nSPS) is 10.9. The van der Waals surface area contributed by atoms with E-state index in [0.717, 1.165) is 11.8 Å². The fraction of sp³-hybridized carbons (Fsp3) is 0.278. The molecule has 5 nitrogen and oxygen atoms in total. The Morgan fingerprint density at radius 2 is 1.62 bits per heavy atom. The van der Waals surface area contributed by atoms with Crippen LogP contribution in [0.3, 0.4) is 0 Å². The average Bonchev–Trinajstić information content (AvgIpc) is 2.60. The van der Waals surface area contributed by atoms with Crippen LogP contribution in [0, 0.1) is 0 Å². The first-order chi connectivity index (χ1) is 12.4. The summed E-state index contributed by atoms with van der Waals surface area (Å²) < 4.78 is 49.4. The highest BCUT2D eigenvalue weighted by Gasteiger charge is 2.33. The molecule has 0 saturated heterocycles. The van der Waals surface area contributed by atoms with Crippen molar-refractivity contribution in [1.29, 1.82) is 0 Å². The van der Waals surface area contributed by atoms with Crippen LogP contribution in [0.4, 0.5) is 23.7 Å². The SMILES string of the molecule is CCOc1ccc(OCCNC(=O)Nc2ccccc2C(F)(F)F)cc1. The number of carbonyl (C=O) groups excluding carboxylic acids is 1. The third-order valence-corrected chi connectivity index (χ3v) is 3.27. The summed E-state index contributed by atoms with van der Waals surface area (Å²) in [4.78, 5) is 11.8. The molecule has 2 rings (SSSR count). The second kappa shape index (κ2) is 8.98. The standard InChI is InChI=1S/C18H19F3N2O3/c1-2-25-13-7-9-14(10-8-13)26-12-11-22-17(24)23-16-6-4-3-5-15(16)18(19,20)21/h3-10H,2,11-12H2,1H3,(H2,22,23,24). The van der Waals surface area contributed by atoms with Gasteiger partial charge in [-0.15, -0.1) is 0 Å². The third kappa shape index (κ3) is 5.87. The van der Waals surface area contributed by atoms with Crippen molar-refractivity contribution in [2.45, 2.75) is 13.1 Å². The molecule has 0 saturated carbocycles. The lowest BCUT2D eigenvalue weighted by Crippen LogP contribution is -2.32. The van der Waals surface area contributed by atoms with Crippen molar-refractivity contribution in [2.24, 2.45) is 0 Å². The Bertz CT molecular complexity index is 718. The smallest absolute Gasteiger partial charge is 0.418 e. The van der Waals surface area contributed by atoms with Crippen molar-refractivity contribution >= 4 is 11.7 Å². The molecule has 0 atom stereocenters. The minimum atomic E-state index is -4.54. The van der Waals surface area contributed by atoms with Gasteiger partial charge >= 0.3 is 12.2 Å². The molecule has 2 aromatic rings. The minimum Gasteiger partial charge on any atom is -0.494 e. The van der Waals surface area contributed by atoms with E-state index in [1.807, 2.05) is 6.92 Å². The molecule has 2 aromatic carbocycles. The van der Waals surface area contributed by atoms with Gasteiger partial charge < -0.3 is 20.1 Å². The molecule has 0 fully saturated rings. The van der Waals surface area contributed by atoms with Crippen LogP contribution in [0.1, 0.15) is 12.5 Å². The van der Waals surface area contributed by atoms with Crippen LogP contribution in [-0.2, 0) is 6.18 Å². The third-order valence-electron chi connectivity index (χ3n) is 3.27. The number of carbonyl (C=O) groups is 1. The van der Waals surface area contributed by atoms with E-state index >= 15 is 0 Å². The Morgan fingerprint density at radius 1 is 1.00 bits per heavy atom. The van der Waals surface area contributed by atoms with Crippen LogP contribution in [0.15, 0.2) is 48.5 Å². The van der Waals surface area contributed by atoms with Crippen molar-refractivity contribution < 1.29 is 27.4 Å². The Morgan fingerprint density at radius 3 is 2.23 bits per heavy atom. The van der Waals surface area contributed by atoms with Gasteiger partial charge in [-0.2, -0.15) is 13.2 Å². The van der Waals surface area contributed by atoms with Gasteiger partial charge in [0.2, 0.25) is 0 Å². The Hall–Kier alpha value is -2.90. The van der Waals surface area contributed by atoms with Gasteiger partial charge in [-0.25, -0.2) is 4.79 Å². The van der Waals surface area contributed by atoms with Gasteiger partial charge in [0.05, 0.1) is 24.4 Å². The van der Waals surface area contributed by atoms with Gasteiger partial charge in [-0.3, -0.25) is 0 Å². The largest absolute Gasteiger partial charge is 0.494 e. The molecule has 0 aliphatic heterocycles. The molecule has 0 aromatic heterocycles. The number of urea groups is 1. The highest BCUT2D eigenvalue weighted by Crippen LogP contribution is 2.34. The topological polar surface area (TPSA) is 59.6 Å². The summed E-state index contributed by atoms with van der Waals surface area (Å²) in [6.07, 6.45) is -4.54. The molecule has 2 N–H and O–H groups in total. The second-order valence-corrected chi connectivity index (χ2v) is 5.18. The van der Waals surface area contributed by atoms with E-state index in [4.69, 9.17) is 9.47 Å². The zero-order valence-electron chi connectivity index (χ0n) is 14.1. The van der Waals surface area contributed by atoms with E-state index in [1.54, 1.807) is 24.3 Å². The van der Waals surface area contributed by atoms with Gasteiger partial charge in [-0.1, -0.05) is 12.1 Å². The maximum atomic E-state index is 12.9. The van der Waals surface area contributed by atoms with E-state index < -0.39 is 17.8 Å². The molecular weight excluding hydrogens is 349 g/mol. The number of benzene rings is 2. The van der Waals surface area contributed by atoms with Crippen LogP contribution in [0.5, 0.6) is 11.5 Å². The van der Waals surface area contributed by atoms with Gasteiger partial charge in [0.25, 0.3) is 0 Å². The summed E-state index contributed by atoms with van der Waals surface area (Å²) in [6, 6.07) is 11.0. The molecule has 0 radical (unpaired) electrons. The number of ether oxygens (including phenoxy) is 2. The Kier molecular flexibility index (Phi) is 6.71. The predicted molar refractivity (Wildman–Crippen MR) is 91.6 cm³/mol. The van der Waals surface area contributed by atoms with Crippen molar-refractivity contribution in [3.63, 3.8) is 0 Å².